The van der Waals surface area contributed by atoms with E-state index in [9.17, 15) is 19.2 Å². The Morgan fingerprint density at radius 2 is 1.97 bits per heavy atom. The van der Waals surface area contributed by atoms with Gasteiger partial charge in [-0.3, -0.25) is 19.3 Å². The lowest BCUT2D eigenvalue weighted by molar-refractivity contribution is -0.150. The minimum Gasteiger partial charge on any atom is -0.453 e. The van der Waals surface area contributed by atoms with Crippen LogP contribution in [0, 0.1) is 5.92 Å². The molecule has 3 amide bonds. The lowest BCUT2D eigenvalue weighted by Crippen LogP contribution is -2.54. The highest BCUT2D eigenvalue weighted by atomic mass is 16.5. The Bertz CT molecular complexity index is 911. The highest BCUT2D eigenvalue weighted by Gasteiger charge is 2.55. The number of nitrogens with zero attached hydrogens (tertiary/aromatic N) is 1. The smallest absolute Gasteiger partial charge is 0.326 e. The summed E-state index contributed by atoms with van der Waals surface area (Å²) in [5.41, 5.74) is 2.04. The number of carbonyl (C=O) groups is 4. The van der Waals surface area contributed by atoms with Gasteiger partial charge >= 0.3 is 12.0 Å². The highest BCUT2D eigenvalue weighted by molar-refractivity contribution is 6.09. The van der Waals surface area contributed by atoms with Crippen LogP contribution >= 0.6 is 0 Å². The van der Waals surface area contributed by atoms with Gasteiger partial charge in [0.1, 0.15) is 12.1 Å². The number of aryl methyl sites for hydroxylation is 2. The molecule has 1 heterocycles. The molecule has 1 spiro atoms. The minimum absolute atomic E-state index is 0.0176. The molecular formula is C23H28N2O5. The number of rotatable bonds is 5. The van der Waals surface area contributed by atoms with Crippen LogP contribution < -0.4 is 5.32 Å². The summed E-state index contributed by atoms with van der Waals surface area (Å²) in [4.78, 5) is 51.4. The topological polar surface area (TPSA) is 92.8 Å². The first-order valence-corrected chi connectivity index (χ1v) is 10.8. The van der Waals surface area contributed by atoms with Gasteiger partial charge in [0.2, 0.25) is 5.78 Å². The molecule has 1 aromatic rings. The Labute approximate surface area is 176 Å². The molecule has 2 fully saturated rings. The Balaban J connectivity index is 1.39. The van der Waals surface area contributed by atoms with Crippen molar-refractivity contribution in [3.63, 3.8) is 0 Å². The molecule has 1 saturated carbocycles. The predicted octanol–water partition coefficient (Wildman–Crippen LogP) is 2.79. The molecule has 160 valence electrons. The molecule has 3 unspecified atom stereocenters. The number of fused-ring (bicyclic) bond motifs is 1. The zero-order valence-corrected chi connectivity index (χ0v) is 17.5. The lowest BCUT2D eigenvalue weighted by atomic mass is 9.73. The van der Waals surface area contributed by atoms with Crippen molar-refractivity contribution in [1.82, 2.24) is 10.2 Å². The van der Waals surface area contributed by atoms with Crippen molar-refractivity contribution >= 4 is 23.7 Å². The normalized spacial score (nSPS) is 26.5. The van der Waals surface area contributed by atoms with Gasteiger partial charge < -0.3 is 10.1 Å². The molecule has 1 aliphatic heterocycles. The van der Waals surface area contributed by atoms with E-state index in [1.165, 1.54) is 18.1 Å². The zero-order valence-electron chi connectivity index (χ0n) is 17.5. The fourth-order valence-electron chi connectivity index (χ4n) is 5.02. The van der Waals surface area contributed by atoms with Crippen molar-refractivity contribution < 1.29 is 23.9 Å². The van der Waals surface area contributed by atoms with E-state index in [0.717, 1.165) is 43.4 Å². The summed E-state index contributed by atoms with van der Waals surface area (Å²) in [6.45, 7) is 2.99. The maximum Gasteiger partial charge on any atom is 0.326 e. The fourth-order valence-corrected chi connectivity index (χ4v) is 5.02. The van der Waals surface area contributed by atoms with E-state index in [1.54, 1.807) is 6.07 Å². The maximum absolute atomic E-state index is 13.0. The number of urea groups is 1. The van der Waals surface area contributed by atoms with Gasteiger partial charge in [0, 0.05) is 5.56 Å². The third kappa shape index (κ3) is 3.50. The van der Waals surface area contributed by atoms with E-state index in [0.29, 0.717) is 12.0 Å². The van der Waals surface area contributed by atoms with Crippen LogP contribution in [0.4, 0.5) is 4.79 Å². The fraction of sp³-hybridized carbons (Fsp3) is 0.565. The largest absolute Gasteiger partial charge is 0.453 e. The molecule has 3 aliphatic rings. The monoisotopic (exact) mass is 412 g/mol. The standard InChI is InChI=1S/C23H28N2O5/c1-14-6-3-4-11-23(14)21(28)25(22(29)24-23)13-19(26)30-15(2)20(27)18-10-9-16-7-5-8-17(16)12-18/h9-10,12,14-15H,3-8,11,13H2,1-2H3,(H,24,29). The van der Waals surface area contributed by atoms with Crippen molar-refractivity contribution in [3.05, 3.63) is 34.9 Å². The Hall–Kier alpha value is -2.70. The van der Waals surface area contributed by atoms with Gasteiger partial charge in [0.15, 0.2) is 6.10 Å². The molecule has 2 aliphatic carbocycles. The summed E-state index contributed by atoms with van der Waals surface area (Å²) in [6.07, 6.45) is 5.41. The summed E-state index contributed by atoms with van der Waals surface area (Å²) in [5, 5.41) is 2.81. The van der Waals surface area contributed by atoms with Gasteiger partial charge in [-0.25, -0.2) is 4.79 Å². The van der Waals surface area contributed by atoms with Gasteiger partial charge in [-0.2, -0.15) is 0 Å². The Morgan fingerprint density at radius 3 is 2.73 bits per heavy atom. The molecule has 30 heavy (non-hydrogen) atoms. The summed E-state index contributed by atoms with van der Waals surface area (Å²) in [5.74, 6) is -1.40. The molecular weight excluding hydrogens is 384 g/mol. The molecule has 1 N–H and O–H groups in total. The molecule has 4 rings (SSSR count). The summed E-state index contributed by atoms with van der Waals surface area (Å²) in [7, 11) is 0. The number of amides is 3. The van der Waals surface area contributed by atoms with Gasteiger partial charge in [-0.1, -0.05) is 31.9 Å². The Morgan fingerprint density at radius 1 is 1.20 bits per heavy atom. The lowest BCUT2D eigenvalue weighted by Gasteiger charge is -2.36. The van der Waals surface area contributed by atoms with Crippen molar-refractivity contribution in [2.75, 3.05) is 6.54 Å². The van der Waals surface area contributed by atoms with Crippen molar-refractivity contribution in [2.45, 2.75) is 70.4 Å². The molecule has 0 radical (unpaired) electrons. The quantitative estimate of drug-likeness (QED) is 0.456. The van der Waals surface area contributed by atoms with Crippen LogP contribution in [0.1, 0.15) is 67.4 Å². The van der Waals surface area contributed by atoms with E-state index in [4.69, 9.17) is 4.74 Å². The summed E-state index contributed by atoms with van der Waals surface area (Å²) >= 11 is 0. The third-order valence-corrected chi connectivity index (χ3v) is 6.85. The first kappa shape index (κ1) is 20.6. The minimum atomic E-state index is -0.986. The number of ether oxygens (including phenoxy) is 1. The molecule has 0 aromatic heterocycles. The molecule has 0 bridgehead atoms. The second kappa shape index (κ2) is 7.85. The highest BCUT2D eigenvalue weighted by Crippen LogP contribution is 2.38. The van der Waals surface area contributed by atoms with Crippen LogP contribution in [0.2, 0.25) is 0 Å². The SMILES string of the molecule is CC(OC(=O)CN1C(=O)NC2(CCCCC2C)C1=O)C(=O)c1ccc2c(c1)CCC2. The number of nitrogens with one attached hydrogen (secondary N) is 1. The van der Waals surface area contributed by atoms with E-state index >= 15 is 0 Å². The van der Waals surface area contributed by atoms with E-state index in [-0.39, 0.29) is 17.6 Å². The summed E-state index contributed by atoms with van der Waals surface area (Å²) in [6, 6.07) is 5.04. The first-order valence-electron chi connectivity index (χ1n) is 10.8. The van der Waals surface area contributed by atoms with E-state index < -0.39 is 30.2 Å². The van der Waals surface area contributed by atoms with Crippen LogP contribution in [0.3, 0.4) is 0 Å². The summed E-state index contributed by atoms with van der Waals surface area (Å²) < 4.78 is 5.28. The number of Topliss-reactive ketones (excluding diaryl/α,β-unsaturated/α-hetero) is 1. The third-order valence-electron chi connectivity index (χ3n) is 6.85. The maximum atomic E-state index is 13.0. The van der Waals surface area contributed by atoms with Gasteiger partial charge in [0.05, 0.1) is 0 Å². The van der Waals surface area contributed by atoms with Crippen molar-refractivity contribution in [2.24, 2.45) is 5.92 Å². The average molecular weight is 412 g/mol. The number of benzene rings is 1. The van der Waals surface area contributed by atoms with Gasteiger partial charge in [-0.15, -0.1) is 0 Å². The molecule has 7 heteroatoms. The number of esters is 1. The van der Waals surface area contributed by atoms with Crippen LogP contribution in [0.5, 0.6) is 0 Å². The van der Waals surface area contributed by atoms with Gasteiger partial charge in [0.25, 0.3) is 5.91 Å². The number of imide groups is 1. The van der Waals surface area contributed by atoms with E-state index in [2.05, 4.69) is 5.32 Å². The van der Waals surface area contributed by atoms with Crippen LogP contribution in [0.25, 0.3) is 0 Å². The predicted molar refractivity (Wildman–Crippen MR) is 109 cm³/mol. The van der Waals surface area contributed by atoms with Crippen LogP contribution in [-0.4, -0.2) is 46.8 Å². The average Bonchev–Trinajstić information content (AvgIpc) is 3.28. The molecule has 1 saturated heterocycles. The molecule has 7 nitrogen and oxygen atoms in total. The van der Waals surface area contributed by atoms with Crippen LogP contribution in [0.15, 0.2) is 18.2 Å². The number of hydrogen-bond donors (Lipinski definition) is 1. The van der Waals surface area contributed by atoms with Gasteiger partial charge in [-0.05, 0) is 62.1 Å². The zero-order chi connectivity index (χ0) is 21.5. The second-order valence-electron chi connectivity index (χ2n) is 8.77. The molecule has 1 aromatic carbocycles. The molecule has 3 atom stereocenters. The number of carbonyl (C=O) groups excluding carboxylic acids is 4. The number of hydrogen-bond acceptors (Lipinski definition) is 5. The van der Waals surface area contributed by atoms with Crippen molar-refractivity contribution in [3.8, 4) is 0 Å². The second-order valence-corrected chi connectivity index (χ2v) is 8.77. The number of ketones is 1. The van der Waals surface area contributed by atoms with E-state index in [1.807, 2.05) is 19.1 Å². The van der Waals surface area contributed by atoms with Crippen molar-refractivity contribution in [1.29, 1.82) is 0 Å². The van der Waals surface area contributed by atoms with Crippen LogP contribution in [-0.2, 0) is 27.2 Å². The Kier molecular flexibility index (Phi) is 5.38. The first-order chi connectivity index (χ1) is 14.3.